The van der Waals surface area contributed by atoms with Gasteiger partial charge in [0, 0.05) is 28.7 Å². The molecule has 0 bridgehead atoms. The molecule has 0 aliphatic heterocycles. The predicted molar refractivity (Wildman–Crippen MR) is 150 cm³/mol. The van der Waals surface area contributed by atoms with Gasteiger partial charge in [-0.2, -0.15) is 13.1 Å². The fourth-order valence-electron chi connectivity index (χ4n) is 3.28. The van der Waals surface area contributed by atoms with Gasteiger partial charge < -0.3 is 9.79 Å². The summed E-state index contributed by atoms with van der Waals surface area (Å²) < 4.78 is 67.3. The minimum atomic E-state index is -5.78. The number of hydrogen-bond donors (Lipinski definition) is 2. The van der Waals surface area contributed by atoms with E-state index in [0.29, 0.717) is 16.7 Å². The van der Waals surface area contributed by atoms with E-state index < -0.39 is 28.8 Å². The Hall–Kier alpha value is -2.27. The number of hydrogen-bond acceptors (Lipinski definition) is 4. The van der Waals surface area contributed by atoms with Crippen molar-refractivity contribution >= 4 is 39.3 Å². The molecule has 0 aromatic heterocycles. The first kappa shape index (κ1) is 32.9. The number of carbonyl (C=O) groups excluding carboxylic acids is 1. The minimum absolute atomic E-state index is 0.0316. The number of halogens is 3. The lowest BCUT2D eigenvalue weighted by molar-refractivity contribution is 0.0557. The Balaban J connectivity index is 0.00000124. The van der Waals surface area contributed by atoms with E-state index in [-0.39, 0.29) is 28.2 Å². The van der Waals surface area contributed by atoms with Crippen LogP contribution in [0.2, 0.25) is 0 Å². The van der Waals surface area contributed by atoms with E-state index >= 15 is 0 Å². The van der Waals surface area contributed by atoms with Crippen molar-refractivity contribution in [3.8, 4) is 0 Å². The van der Waals surface area contributed by atoms with Gasteiger partial charge in [-0.3, -0.25) is 9.36 Å². The lowest BCUT2D eigenvalue weighted by Gasteiger charge is -2.24. The Kier molecular flexibility index (Phi) is 11.3. The molecule has 0 aliphatic carbocycles. The van der Waals surface area contributed by atoms with Gasteiger partial charge >= 0.3 is 13.3 Å². The van der Waals surface area contributed by atoms with Gasteiger partial charge in [-0.25, -0.2) is 8.42 Å². The average molecular weight is 646 g/mol. The quantitative estimate of drug-likeness (QED) is 0.193. The van der Waals surface area contributed by atoms with Crippen LogP contribution in [0.5, 0.6) is 0 Å². The van der Waals surface area contributed by atoms with Crippen molar-refractivity contribution in [2.75, 3.05) is 0 Å². The molecule has 0 saturated heterocycles. The molecule has 0 spiro atoms. The maximum atomic E-state index is 14.2. The van der Waals surface area contributed by atoms with Crippen LogP contribution in [0.1, 0.15) is 54.7 Å². The second kappa shape index (κ2) is 13.4. The number of carbonyl (C=O) groups is 1. The molecule has 0 atom stereocenters. The van der Waals surface area contributed by atoms with Gasteiger partial charge in [0.15, 0.2) is 5.78 Å². The van der Waals surface area contributed by atoms with Crippen molar-refractivity contribution in [2.24, 2.45) is 5.92 Å². The lowest BCUT2D eigenvalue weighted by atomic mass is 10.1. The van der Waals surface area contributed by atoms with Gasteiger partial charge in [-0.15, -0.1) is 0 Å². The van der Waals surface area contributed by atoms with Crippen molar-refractivity contribution in [1.82, 2.24) is 4.31 Å². The first-order valence-corrected chi connectivity index (χ1v) is 15.7. The summed E-state index contributed by atoms with van der Waals surface area (Å²) in [6.45, 7) is 7.62. The van der Waals surface area contributed by atoms with Crippen LogP contribution in [-0.2, 0) is 33.3 Å². The van der Waals surface area contributed by atoms with E-state index in [1.165, 1.54) is 31.2 Å². The zero-order valence-corrected chi connectivity index (χ0v) is 25.2. The van der Waals surface area contributed by atoms with Gasteiger partial charge in [-0.1, -0.05) is 91.3 Å². The number of Topliss-reactive ketones (excluding diaryl/α,β-unsaturated/α-hetero) is 1. The molecule has 0 heterocycles. The SMILES string of the molecule is CC(=O)c1ccc(CN(Cc2ccc(C(F)(F)P(=O)(O)O)c(Br)c2)S(=O)(=O)c2ccccc2)cc1.CC(C)C. The maximum Gasteiger partial charge on any atom is 0.399 e. The summed E-state index contributed by atoms with van der Waals surface area (Å²) in [7, 11) is -9.80. The van der Waals surface area contributed by atoms with Crippen molar-refractivity contribution in [1.29, 1.82) is 0 Å². The Morgan fingerprint density at radius 3 is 1.90 bits per heavy atom. The zero-order valence-electron chi connectivity index (χ0n) is 21.9. The summed E-state index contributed by atoms with van der Waals surface area (Å²) in [5.41, 5.74) is -3.96. The fraction of sp³-hybridized carbons (Fsp3) is 0.296. The molecule has 212 valence electrons. The van der Waals surface area contributed by atoms with Gasteiger partial charge in [0.05, 0.1) is 4.90 Å². The molecule has 0 unspecified atom stereocenters. The highest BCUT2D eigenvalue weighted by Gasteiger charge is 2.51. The summed E-state index contributed by atoms with van der Waals surface area (Å²) in [5.74, 6) is 0.697. The van der Waals surface area contributed by atoms with Crippen LogP contribution in [0.15, 0.2) is 82.2 Å². The Morgan fingerprint density at radius 1 is 0.949 bits per heavy atom. The summed E-state index contributed by atoms with van der Waals surface area (Å²) in [6.07, 6.45) is 0. The van der Waals surface area contributed by atoms with Crippen LogP contribution < -0.4 is 0 Å². The van der Waals surface area contributed by atoms with Crippen LogP contribution in [0.25, 0.3) is 0 Å². The van der Waals surface area contributed by atoms with E-state index in [1.807, 2.05) is 0 Å². The summed E-state index contributed by atoms with van der Waals surface area (Å²) in [4.78, 5) is 29.6. The lowest BCUT2D eigenvalue weighted by Crippen LogP contribution is -2.30. The molecule has 3 rings (SSSR count). The van der Waals surface area contributed by atoms with Crippen molar-refractivity contribution in [3.05, 3.63) is 99.5 Å². The van der Waals surface area contributed by atoms with E-state index in [2.05, 4.69) is 36.7 Å². The summed E-state index contributed by atoms with van der Waals surface area (Å²) in [5, 5.41) is 0. The van der Waals surface area contributed by atoms with E-state index in [9.17, 15) is 26.6 Å². The van der Waals surface area contributed by atoms with E-state index in [1.54, 1.807) is 42.5 Å². The molecule has 0 amide bonds. The third-order valence-electron chi connectivity index (χ3n) is 5.18. The second-order valence-electron chi connectivity index (χ2n) is 9.47. The Morgan fingerprint density at radius 2 is 1.44 bits per heavy atom. The highest BCUT2D eigenvalue weighted by atomic mass is 79.9. The van der Waals surface area contributed by atoms with E-state index in [4.69, 9.17) is 9.79 Å². The first-order chi connectivity index (χ1) is 18.0. The molecule has 0 radical (unpaired) electrons. The number of nitrogens with zero attached hydrogens (tertiary/aromatic N) is 1. The molecule has 0 aliphatic rings. The fourth-order valence-corrected chi connectivity index (χ4v) is 6.05. The van der Waals surface area contributed by atoms with Crippen molar-refractivity contribution in [3.63, 3.8) is 0 Å². The minimum Gasteiger partial charge on any atom is -0.320 e. The standard InChI is InChI=1S/C23H21BrF2NO6PS.C4H10/c1-16(28)19-10-7-17(8-11-19)14-27(35(32,33)20-5-3-2-4-6-20)15-18-9-12-21(22(24)13-18)23(25,26)34(29,30)31;1-4(2)3/h2-13H,14-15H2,1H3,(H2,29,30,31);4H,1-3H3. The van der Waals surface area contributed by atoms with Gasteiger partial charge in [0.2, 0.25) is 10.0 Å². The summed E-state index contributed by atoms with van der Waals surface area (Å²) in [6, 6.07) is 17.3. The topological polar surface area (TPSA) is 112 Å². The Bertz CT molecular complexity index is 1430. The van der Waals surface area contributed by atoms with Gasteiger partial charge in [0.25, 0.3) is 0 Å². The first-order valence-electron chi connectivity index (χ1n) is 11.8. The monoisotopic (exact) mass is 645 g/mol. The van der Waals surface area contributed by atoms with E-state index in [0.717, 1.165) is 16.3 Å². The molecule has 7 nitrogen and oxygen atoms in total. The van der Waals surface area contributed by atoms with Gasteiger partial charge in [0.1, 0.15) is 0 Å². The molecule has 2 N–H and O–H groups in total. The predicted octanol–water partition coefficient (Wildman–Crippen LogP) is 6.93. The zero-order chi connectivity index (χ0) is 29.6. The maximum absolute atomic E-state index is 14.2. The molecule has 3 aromatic rings. The van der Waals surface area contributed by atoms with Crippen molar-refractivity contribution in [2.45, 2.75) is 51.3 Å². The second-order valence-corrected chi connectivity index (χ2v) is 13.9. The highest BCUT2D eigenvalue weighted by Crippen LogP contribution is 2.60. The average Bonchev–Trinajstić information content (AvgIpc) is 2.83. The molecule has 0 saturated carbocycles. The molecule has 0 fully saturated rings. The third kappa shape index (κ3) is 8.86. The Labute approximate surface area is 236 Å². The number of rotatable bonds is 9. The summed E-state index contributed by atoms with van der Waals surface area (Å²) >= 11 is 2.93. The van der Waals surface area contributed by atoms with Crippen LogP contribution in [0, 0.1) is 5.92 Å². The third-order valence-corrected chi connectivity index (χ3v) is 8.62. The van der Waals surface area contributed by atoms with Crippen LogP contribution >= 0.6 is 23.5 Å². The number of sulfonamides is 1. The van der Waals surface area contributed by atoms with Crippen LogP contribution in [-0.4, -0.2) is 28.3 Å². The number of alkyl halides is 2. The molecular weight excluding hydrogens is 615 g/mol. The van der Waals surface area contributed by atoms with Gasteiger partial charge in [-0.05, 0) is 42.2 Å². The smallest absolute Gasteiger partial charge is 0.320 e. The highest BCUT2D eigenvalue weighted by molar-refractivity contribution is 9.10. The number of benzene rings is 3. The van der Waals surface area contributed by atoms with Crippen molar-refractivity contribution < 1.29 is 36.3 Å². The molecule has 12 heteroatoms. The number of ketones is 1. The normalized spacial score (nSPS) is 12.3. The molecule has 39 heavy (non-hydrogen) atoms. The van der Waals surface area contributed by atoms with Crippen LogP contribution in [0.4, 0.5) is 8.78 Å². The molecule has 3 aromatic carbocycles. The van der Waals surface area contributed by atoms with Crippen LogP contribution in [0.3, 0.4) is 0 Å². The largest absolute Gasteiger partial charge is 0.399 e. The molecular formula is C27H31BrF2NO6PS.